The summed E-state index contributed by atoms with van der Waals surface area (Å²) in [5, 5.41) is 13.4. The molecule has 0 bridgehead atoms. The Kier molecular flexibility index (Phi) is 6.21. The second-order valence-electron chi connectivity index (χ2n) is 10.6. The number of piperazine rings is 1. The van der Waals surface area contributed by atoms with Crippen LogP contribution in [0.25, 0.3) is 0 Å². The van der Waals surface area contributed by atoms with Gasteiger partial charge in [0, 0.05) is 56.2 Å². The Labute approximate surface area is 195 Å². The first-order valence-electron chi connectivity index (χ1n) is 12.7. The van der Waals surface area contributed by atoms with Crippen LogP contribution in [0.5, 0.6) is 0 Å². The summed E-state index contributed by atoms with van der Waals surface area (Å²) in [6.07, 6.45) is 6.72. The number of piperidine rings is 1. The van der Waals surface area contributed by atoms with Gasteiger partial charge in [-0.1, -0.05) is 37.8 Å². The Bertz CT molecular complexity index is 869. The minimum absolute atomic E-state index is 0.0342. The van der Waals surface area contributed by atoms with Crippen LogP contribution in [-0.2, 0) is 4.79 Å². The number of carbonyl (C=O) groups excluding carboxylic acids is 2. The van der Waals surface area contributed by atoms with Crippen molar-refractivity contribution in [2.45, 2.75) is 69.1 Å². The monoisotopic (exact) mass is 457 g/mol. The molecular formula is C26H36FN3O3. The van der Waals surface area contributed by atoms with E-state index in [0.717, 1.165) is 37.8 Å². The normalized spacial score (nSPS) is 28.9. The van der Waals surface area contributed by atoms with Crippen molar-refractivity contribution in [1.29, 1.82) is 0 Å². The standard InChI is InChI=1S/C26H36FN3O3/c27-22-18-28-17-21(25(22)9-3-1-2-4-10-25)19-5-7-20(8-6-19)23(31)29-13-15-30(16-14-29)24(32)26(33)11-12-26/h5-8,21-22,28,33H,1-4,9-18H2. The molecule has 2 atom stereocenters. The van der Waals surface area contributed by atoms with Crippen LogP contribution in [-0.4, -0.2) is 77.8 Å². The molecule has 2 N–H and O–H groups in total. The third-order valence-corrected chi connectivity index (χ3v) is 8.56. The quantitative estimate of drug-likeness (QED) is 0.732. The van der Waals surface area contributed by atoms with Gasteiger partial charge in [-0.2, -0.15) is 0 Å². The van der Waals surface area contributed by atoms with Crippen LogP contribution in [0.4, 0.5) is 4.39 Å². The maximum absolute atomic E-state index is 15.3. The summed E-state index contributed by atoms with van der Waals surface area (Å²) in [7, 11) is 0. The molecule has 0 radical (unpaired) electrons. The maximum Gasteiger partial charge on any atom is 0.254 e. The average molecular weight is 458 g/mol. The van der Waals surface area contributed by atoms with Gasteiger partial charge in [0.15, 0.2) is 0 Å². The molecule has 1 spiro atoms. The third-order valence-electron chi connectivity index (χ3n) is 8.56. The number of amides is 2. The number of benzene rings is 1. The summed E-state index contributed by atoms with van der Waals surface area (Å²) in [6, 6.07) is 7.81. The molecule has 5 rings (SSSR count). The van der Waals surface area contributed by atoms with Crippen molar-refractivity contribution < 1.29 is 19.1 Å². The fourth-order valence-electron chi connectivity index (χ4n) is 6.26. The van der Waals surface area contributed by atoms with Gasteiger partial charge in [-0.05, 0) is 43.4 Å². The molecule has 1 aromatic rings. The molecule has 6 nitrogen and oxygen atoms in total. The molecule has 7 heteroatoms. The number of carbonyl (C=O) groups is 2. The zero-order valence-electron chi connectivity index (χ0n) is 19.4. The molecule has 33 heavy (non-hydrogen) atoms. The van der Waals surface area contributed by atoms with E-state index < -0.39 is 11.8 Å². The molecule has 4 fully saturated rings. The minimum Gasteiger partial charge on any atom is -0.380 e. The van der Waals surface area contributed by atoms with Crippen molar-refractivity contribution >= 4 is 11.8 Å². The van der Waals surface area contributed by atoms with E-state index in [1.165, 1.54) is 12.8 Å². The topological polar surface area (TPSA) is 72.9 Å². The number of alkyl halides is 1. The SMILES string of the molecule is O=C(c1ccc(C2CNCC(F)C23CCCCCC3)cc1)N1CCN(C(=O)C2(O)CC2)CC1. The van der Waals surface area contributed by atoms with Gasteiger partial charge in [0.2, 0.25) is 0 Å². The lowest BCUT2D eigenvalue weighted by molar-refractivity contribution is -0.143. The van der Waals surface area contributed by atoms with Crippen molar-refractivity contribution in [2.75, 3.05) is 39.3 Å². The Morgan fingerprint density at radius 2 is 1.48 bits per heavy atom. The van der Waals surface area contributed by atoms with Crippen molar-refractivity contribution in [2.24, 2.45) is 5.41 Å². The zero-order chi connectivity index (χ0) is 23.1. The van der Waals surface area contributed by atoms with Gasteiger partial charge in [-0.15, -0.1) is 0 Å². The van der Waals surface area contributed by atoms with Crippen LogP contribution >= 0.6 is 0 Å². The average Bonchev–Trinajstić information content (AvgIpc) is 3.64. The number of hydrogen-bond donors (Lipinski definition) is 2. The fourth-order valence-corrected chi connectivity index (χ4v) is 6.26. The van der Waals surface area contributed by atoms with Crippen LogP contribution in [0.3, 0.4) is 0 Å². The van der Waals surface area contributed by atoms with E-state index in [0.29, 0.717) is 51.1 Å². The van der Waals surface area contributed by atoms with E-state index >= 15 is 4.39 Å². The fraction of sp³-hybridized carbons (Fsp3) is 0.692. The van der Waals surface area contributed by atoms with Crippen LogP contribution in [0.1, 0.15) is 73.2 Å². The van der Waals surface area contributed by atoms with Crippen molar-refractivity contribution in [3.05, 3.63) is 35.4 Å². The van der Waals surface area contributed by atoms with Gasteiger partial charge in [0.25, 0.3) is 11.8 Å². The van der Waals surface area contributed by atoms with Gasteiger partial charge in [0.1, 0.15) is 11.8 Å². The predicted octanol–water partition coefficient (Wildman–Crippen LogP) is 2.86. The van der Waals surface area contributed by atoms with Gasteiger partial charge in [-0.3, -0.25) is 9.59 Å². The number of halogens is 1. The minimum atomic E-state index is -1.15. The second-order valence-corrected chi connectivity index (χ2v) is 10.6. The van der Waals surface area contributed by atoms with Gasteiger partial charge in [-0.25, -0.2) is 4.39 Å². The molecule has 2 saturated carbocycles. The number of nitrogens with zero attached hydrogens (tertiary/aromatic N) is 2. The van der Waals surface area contributed by atoms with Crippen molar-refractivity contribution in [3.8, 4) is 0 Å². The van der Waals surface area contributed by atoms with E-state index in [1.54, 1.807) is 9.80 Å². The lowest BCUT2D eigenvalue weighted by Crippen LogP contribution is -2.53. The zero-order valence-corrected chi connectivity index (χ0v) is 19.4. The number of rotatable bonds is 3. The number of nitrogens with one attached hydrogen (secondary N) is 1. The Morgan fingerprint density at radius 1 is 0.879 bits per heavy atom. The molecule has 2 unspecified atom stereocenters. The molecule has 2 amide bonds. The summed E-state index contributed by atoms with van der Waals surface area (Å²) in [6.45, 7) is 3.09. The molecule has 1 aromatic carbocycles. The Balaban J connectivity index is 1.25. The first-order chi connectivity index (χ1) is 15.9. The largest absolute Gasteiger partial charge is 0.380 e. The molecule has 2 aliphatic heterocycles. The maximum atomic E-state index is 15.3. The molecule has 2 heterocycles. The Hall–Kier alpha value is -1.99. The first kappa shape index (κ1) is 22.8. The molecule has 2 aliphatic carbocycles. The molecule has 0 aromatic heterocycles. The van der Waals surface area contributed by atoms with Crippen molar-refractivity contribution in [1.82, 2.24) is 15.1 Å². The summed E-state index contributed by atoms with van der Waals surface area (Å²) in [5.41, 5.74) is 0.316. The third kappa shape index (κ3) is 4.30. The molecule has 2 saturated heterocycles. The lowest BCUT2D eigenvalue weighted by atomic mass is 9.62. The van der Waals surface area contributed by atoms with E-state index in [-0.39, 0.29) is 23.1 Å². The number of hydrogen-bond acceptors (Lipinski definition) is 4. The molecular weight excluding hydrogens is 421 g/mol. The summed E-state index contributed by atoms with van der Waals surface area (Å²) < 4.78 is 15.3. The summed E-state index contributed by atoms with van der Waals surface area (Å²) in [5.74, 6) is -0.0990. The second kappa shape index (κ2) is 8.99. The van der Waals surface area contributed by atoms with Crippen molar-refractivity contribution in [3.63, 3.8) is 0 Å². The van der Waals surface area contributed by atoms with Gasteiger partial charge >= 0.3 is 0 Å². The van der Waals surface area contributed by atoms with E-state index in [2.05, 4.69) is 5.32 Å². The van der Waals surface area contributed by atoms with Crippen LogP contribution < -0.4 is 5.32 Å². The summed E-state index contributed by atoms with van der Waals surface area (Å²) >= 11 is 0. The highest BCUT2D eigenvalue weighted by molar-refractivity contribution is 5.94. The summed E-state index contributed by atoms with van der Waals surface area (Å²) in [4.78, 5) is 28.9. The van der Waals surface area contributed by atoms with Gasteiger partial charge < -0.3 is 20.2 Å². The van der Waals surface area contributed by atoms with Crippen LogP contribution in [0, 0.1) is 5.41 Å². The van der Waals surface area contributed by atoms with E-state index in [4.69, 9.17) is 0 Å². The molecule has 4 aliphatic rings. The Morgan fingerprint density at radius 3 is 2.09 bits per heavy atom. The van der Waals surface area contributed by atoms with E-state index in [1.807, 2.05) is 24.3 Å². The highest BCUT2D eigenvalue weighted by Gasteiger charge is 2.51. The van der Waals surface area contributed by atoms with Gasteiger partial charge in [0.05, 0.1) is 0 Å². The smallest absolute Gasteiger partial charge is 0.254 e. The highest BCUT2D eigenvalue weighted by atomic mass is 19.1. The molecule has 180 valence electrons. The number of aliphatic hydroxyl groups is 1. The first-order valence-corrected chi connectivity index (χ1v) is 12.7. The van der Waals surface area contributed by atoms with E-state index in [9.17, 15) is 14.7 Å². The van der Waals surface area contributed by atoms with Crippen LogP contribution in [0.15, 0.2) is 24.3 Å². The predicted molar refractivity (Wildman–Crippen MR) is 124 cm³/mol. The lowest BCUT2D eigenvalue weighted by Gasteiger charge is -2.47. The van der Waals surface area contributed by atoms with Crippen LogP contribution in [0.2, 0.25) is 0 Å². The highest BCUT2D eigenvalue weighted by Crippen LogP contribution is 2.51.